The number of benzene rings is 2. The van der Waals surface area contributed by atoms with Gasteiger partial charge in [0.25, 0.3) is 0 Å². The van der Waals surface area contributed by atoms with E-state index in [1.54, 1.807) is 19.2 Å². The summed E-state index contributed by atoms with van der Waals surface area (Å²) in [5.74, 6) is 1.50. The standard InChI is InChI=1S/C22H21ClN4O4S/c1-12-7-20-25-26-22(27(20)17-8-13(29-2)5-6-14(12)17)32-11-21(28)24-16-10-18(30-3)15(23)9-19(16)31-4/h5-10H,11H2,1-4H3,(H,24,28). The van der Waals surface area contributed by atoms with Crippen molar-refractivity contribution >= 4 is 51.5 Å². The number of carbonyl (C=O) groups is 1. The van der Waals surface area contributed by atoms with Crippen LogP contribution in [0.5, 0.6) is 17.2 Å². The summed E-state index contributed by atoms with van der Waals surface area (Å²) in [6.45, 7) is 2.03. The smallest absolute Gasteiger partial charge is 0.234 e. The van der Waals surface area contributed by atoms with E-state index in [1.807, 2.05) is 35.6 Å². The zero-order chi connectivity index (χ0) is 22.8. The first kappa shape index (κ1) is 22.0. The normalized spacial score (nSPS) is 11.0. The van der Waals surface area contributed by atoms with Gasteiger partial charge in [-0.25, -0.2) is 0 Å². The lowest BCUT2D eigenvalue weighted by Crippen LogP contribution is -2.15. The van der Waals surface area contributed by atoms with Gasteiger partial charge >= 0.3 is 0 Å². The molecule has 4 aromatic rings. The second-order valence-corrected chi connectivity index (χ2v) is 8.26. The number of aryl methyl sites for hydroxylation is 1. The molecule has 0 fully saturated rings. The van der Waals surface area contributed by atoms with Gasteiger partial charge in [-0.1, -0.05) is 23.4 Å². The summed E-state index contributed by atoms with van der Waals surface area (Å²) in [5, 5.41) is 13.5. The van der Waals surface area contributed by atoms with Gasteiger partial charge in [0.05, 0.1) is 43.3 Å². The average Bonchev–Trinajstić information content (AvgIpc) is 3.21. The molecule has 32 heavy (non-hydrogen) atoms. The molecule has 0 atom stereocenters. The average molecular weight is 473 g/mol. The molecule has 0 bridgehead atoms. The minimum absolute atomic E-state index is 0.119. The molecule has 1 N–H and O–H groups in total. The van der Waals surface area contributed by atoms with Crippen molar-refractivity contribution in [2.45, 2.75) is 12.1 Å². The molecule has 0 spiro atoms. The van der Waals surface area contributed by atoms with Gasteiger partial charge in [-0.2, -0.15) is 0 Å². The van der Waals surface area contributed by atoms with Crippen molar-refractivity contribution in [1.29, 1.82) is 0 Å². The van der Waals surface area contributed by atoms with Crippen LogP contribution in [-0.2, 0) is 4.79 Å². The lowest BCUT2D eigenvalue weighted by molar-refractivity contribution is -0.113. The Morgan fingerprint density at radius 3 is 2.56 bits per heavy atom. The number of anilines is 1. The van der Waals surface area contributed by atoms with Crippen LogP contribution in [0, 0.1) is 6.92 Å². The minimum Gasteiger partial charge on any atom is -0.497 e. The van der Waals surface area contributed by atoms with Crippen molar-refractivity contribution < 1.29 is 19.0 Å². The van der Waals surface area contributed by atoms with Gasteiger partial charge in [0.15, 0.2) is 10.8 Å². The molecule has 0 aliphatic rings. The highest BCUT2D eigenvalue weighted by molar-refractivity contribution is 7.99. The first-order valence-corrected chi connectivity index (χ1v) is 11.0. The number of ether oxygens (including phenoxy) is 3. The van der Waals surface area contributed by atoms with Crippen molar-refractivity contribution in [3.63, 3.8) is 0 Å². The Bertz CT molecular complexity index is 1320. The van der Waals surface area contributed by atoms with Crippen LogP contribution in [0.1, 0.15) is 5.56 Å². The highest BCUT2D eigenvalue weighted by Gasteiger charge is 2.16. The van der Waals surface area contributed by atoms with Gasteiger partial charge in [0, 0.05) is 23.6 Å². The highest BCUT2D eigenvalue weighted by atomic mass is 35.5. The fourth-order valence-electron chi connectivity index (χ4n) is 3.40. The van der Waals surface area contributed by atoms with Crippen LogP contribution in [0.3, 0.4) is 0 Å². The molecule has 10 heteroatoms. The van der Waals surface area contributed by atoms with Crippen molar-refractivity contribution in [3.05, 3.63) is 47.0 Å². The van der Waals surface area contributed by atoms with Crippen molar-refractivity contribution in [2.75, 3.05) is 32.4 Å². The Morgan fingerprint density at radius 2 is 1.84 bits per heavy atom. The molecule has 0 unspecified atom stereocenters. The summed E-state index contributed by atoms with van der Waals surface area (Å²) >= 11 is 7.42. The summed E-state index contributed by atoms with van der Waals surface area (Å²) in [6.07, 6.45) is 0. The summed E-state index contributed by atoms with van der Waals surface area (Å²) in [7, 11) is 4.64. The molecule has 0 aliphatic heterocycles. The quantitative estimate of drug-likeness (QED) is 0.393. The fourth-order valence-corrected chi connectivity index (χ4v) is 4.38. The Labute approximate surface area is 193 Å². The zero-order valence-corrected chi connectivity index (χ0v) is 19.5. The third kappa shape index (κ3) is 4.13. The number of hydrogen-bond acceptors (Lipinski definition) is 7. The molecule has 0 saturated heterocycles. The molecule has 1 amide bonds. The van der Waals surface area contributed by atoms with Gasteiger partial charge in [-0.05, 0) is 30.7 Å². The third-order valence-corrected chi connectivity index (χ3v) is 6.18. The number of aromatic nitrogens is 3. The van der Waals surface area contributed by atoms with Crippen LogP contribution in [0.2, 0.25) is 5.02 Å². The number of amides is 1. The predicted octanol–water partition coefficient (Wildman–Crippen LogP) is 4.60. The fraction of sp³-hybridized carbons (Fsp3) is 0.227. The topological polar surface area (TPSA) is 87.0 Å². The first-order chi connectivity index (χ1) is 15.4. The van der Waals surface area contributed by atoms with E-state index in [0.717, 1.165) is 22.2 Å². The molecule has 8 nitrogen and oxygen atoms in total. The van der Waals surface area contributed by atoms with Gasteiger partial charge in [0.1, 0.15) is 17.2 Å². The number of nitrogens with one attached hydrogen (secondary N) is 1. The number of halogens is 1. The van der Waals surface area contributed by atoms with E-state index < -0.39 is 0 Å². The van der Waals surface area contributed by atoms with Gasteiger partial charge in [-0.15, -0.1) is 10.2 Å². The van der Waals surface area contributed by atoms with Crippen LogP contribution in [-0.4, -0.2) is 47.6 Å². The van der Waals surface area contributed by atoms with Crippen molar-refractivity contribution in [3.8, 4) is 17.2 Å². The van der Waals surface area contributed by atoms with E-state index in [0.29, 0.717) is 33.0 Å². The second kappa shape index (κ2) is 9.13. The molecule has 166 valence electrons. The Kier molecular flexibility index (Phi) is 6.29. The third-order valence-electron chi connectivity index (χ3n) is 4.96. The van der Waals surface area contributed by atoms with E-state index in [9.17, 15) is 4.79 Å². The Morgan fingerprint density at radius 1 is 1.06 bits per heavy atom. The summed E-state index contributed by atoms with van der Waals surface area (Å²) < 4.78 is 17.9. The largest absolute Gasteiger partial charge is 0.497 e. The zero-order valence-electron chi connectivity index (χ0n) is 17.9. The maximum Gasteiger partial charge on any atom is 0.234 e. The minimum atomic E-state index is -0.233. The molecule has 2 aromatic carbocycles. The predicted molar refractivity (Wildman–Crippen MR) is 126 cm³/mol. The van der Waals surface area contributed by atoms with Crippen LogP contribution < -0.4 is 19.5 Å². The molecule has 2 heterocycles. The lowest BCUT2D eigenvalue weighted by atomic mass is 10.1. The SMILES string of the molecule is COc1ccc2c(C)cc3nnc(SCC(=O)Nc4cc(OC)c(Cl)cc4OC)n3c2c1. The van der Waals surface area contributed by atoms with Gasteiger partial charge in [-0.3, -0.25) is 9.20 Å². The molecule has 2 aromatic heterocycles. The number of nitrogens with zero attached hydrogens (tertiary/aromatic N) is 3. The van der Waals surface area contributed by atoms with Crippen LogP contribution >= 0.6 is 23.4 Å². The Balaban J connectivity index is 1.60. The number of thioether (sulfide) groups is 1. The van der Waals surface area contributed by atoms with Crippen molar-refractivity contribution in [2.24, 2.45) is 0 Å². The highest BCUT2D eigenvalue weighted by Crippen LogP contribution is 2.36. The number of rotatable bonds is 7. The maximum atomic E-state index is 12.7. The van der Waals surface area contributed by atoms with E-state index in [4.69, 9.17) is 25.8 Å². The number of hydrogen-bond donors (Lipinski definition) is 1. The number of pyridine rings is 1. The van der Waals surface area contributed by atoms with Crippen molar-refractivity contribution in [1.82, 2.24) is 14.6 Å². The van der Waals surface area contributed by atoms with E-state index in [1.165, 1.54) is 26.0 Å². The maximum absolute atomic E-state index is 12.7. The van der Waals surface area contributed by atoms with Gasteiger partial charge in [0.2, 0.25) is 5.91 Å². The lowest BCUT2D eigenvalue weighted by Gasteiger charge is -2.13. The molecule has 0 radical (unpaired) electrons. The molecular weight excluding hydrogens is 452 g/mol. The van der Waals surface area contributed by atoms with Crippen LogP contribution in [0.15, 0.2) is 41.6 Å². The van der Waals surface area contributed by atoms with Gasteiger partial charge < -0.3 is 19.5 Å². The number of fused-ring (bicyclic) bond motifs is 3. The summed E-state index contributed by atoms with van der Waals surface area (Å²) in [6, 6.07) is 11.0. The molecule has 4 rings (SSSR count). The first-order valence-electron chi connectivity index (χ1n) is 9.61. The van der Waals surface area contributed by atoms with Crippen LogP contribution in [0.4, 0.5) is 5.69 Å². The van der Waals surface area contributed by atoms with Crippen LogP contribution in [0.25, 0.3) is 16.6 Å². The number of methoxy groups -OCH3 is 3. The molecule has 0 aliphatic carbocycles. The molecule has 0 saturated carbocycles. The summed E-state index contributed by atoms with van der Waals surface area (Å²) in [5.41, 5.74) is 3.17. The number of carbonyl (C=O) groups excluding carboxylic acids is 1. The summed E-state index contributed by atoms with van der Waals surface area (Å²) in [4.78, 5) is 12.7. The van der Waals surface area contributed by atoms with E-state index in [2.05, 4.69) is 15.5 Å². The monoisotopic (exact) mass is 472 g/mol. The second-order valence-electron chi connectivity index (χ2n) is 6.91. The molecular formula is C22H21ClN4O4S. The van der Waals surface area contributed by atoms with E-state index >= 15 is 0 Å². The van der Waals surface area contributed by atoms with E-state index in [-0.39, 0.29) is 11.7 Å². The Hall–Kier alpha value is -3.17.